The van der Waals surface area contributed by atoms with Crippen LogP contribution in [0.25, 0.3) is 0 Å². The van der Waals surface area contributed by atoms with Gasteiger partial charge in [-0.3, -0.25) is 9.59 Å². The number of nitrogens with one attached hydrogen (secondary N) is 2. The summed E-state index contributed by atoms with van der Waals surface area (Å²) in [6.45, 7) is 2.78. The lowest BCUT2D eigenvalue weighted by atomic mass is 10.0. The molecule has 0 saturated heterocycles. The van der Waals surface area contributed by atoms with Gasteiger partial charge in [-0.15, -0.1) is 13.2 Å². The third-order valence-corrected chi connectivity index (χ3v) is 7.74. The number of hydrogen-bond acceptors (Lipinski definition) is 7. The molecule has 10 nitrogen and oxygen atoms in total. The average molecular weight is 721 g/mol. The molecule has 0 fully saturated rings. The number of benzene rings is 4. The van der Waals surface area contributed by atoms with Crippen molar-refractivity contribution in [2.45, 2.75) is 64.3 Å². The number of hydrogen-bond donors (Lipinski definition) is 3. The van der Waals surface area contributed by atoms with Crippen LogP contribution in [0.3, 0.4) is 0 Å². The predicted octanol–water partition coefficient (Wildman–Crippen LogP) is 7.76. The molecule has 1 atom stereocenters. The van der Waals surface area contributed by atoms with E-state index in [0.29, 0.717) is 34.7 Å². The average Bonchev–Trinajstić information content (AvgIpc) is 3.11. The van der Waals surface area contributed by atoms with E-state index in [1.54, 1.807) is 36.4 Å². The van der Waals surface area contributed by atoms with Crippen molar-refractivity contribution in [3.8, 4) is 17.2 Å². The lowest BCUT2D eigenvalue weighted by Crippen LogP contribution is -2.42. The van der Waals surface area contributed by atoms with Crippen molar-refractivity contribution in [1.82, 2.24) is 5.32 Å². The van der Waals surface area contributed by atoms with Crippen molar-refractivity contribution in [3.05, 3.63) is 119 Å². The van der Waals surface area contributed by atoms with Crippen molar-refractivity contribution in [2.24, 2.45) is 0 Å². The number of carbonyl (C=O) groups excluding carboxylic acids is 3. The molecule has 52 heavy (non-hydrogen) atoms. The number of carboxylic acids is 1. The zero-order valence-corrected chi connectivity index (χ0v) is 28.4. The lowest BCUT2D eigenvalue weighted by molar-refractivity contribution is -0.274. The molecular weight excluding hydrogens is 681 g/mol. The minimum atomic E-state index is -4.82. The van der Waals surface area contributed by atoms with Crippen molar-refractivity contribution in [3.63, 3.8) is 0 Å². The van der Waals surface area contributed by atoms with Gasteiger partial charge in [0, 0.05) is 17.7 Å². The largest absolute Gasteiger partial charge is 0.573 e. The SMILES string of the molecule is CCCCCCCOc1ccc(C(=O)Oc2ccc(C[C@H](NC(=O)c3ccc(NC(=O)Cc4ccc(OC(F)(F)F)cc4)cc3)C(=O)O)cc2)cc1. The minimum Gasteiger partial charge on any atom is -0.494 e. The fourth-order valence-electron chi connectivity index (χ4n) is 5.02. The first-order chi connectivity index (χ1) is 24.9. The number of esters is 1. The van der Waals surface area contributed by atoms with Crippen LogP contribution in [0, 0.1) is 0 Å². The summed E-state index contributed by atoms with van der Waals surface area (Å²) in [6, 6.07) is 22.3. The van der Waals surface area contributed by atoms with Crippen LogP contribution in [0.15, 0.2) is 97.1 Å². The molecule has 0 aliphatic carbocycles. The standard InChI is InChI=1S/C39H39F3N2O8/c1-2-3-4-5-6-23-50-31-21-13-29(14-22-31)38(49)51-32-17-7-26(8-18-32)24-34(37(47)48)44-36(46)28-11-15-30(16-12-28)43-35(45)25-27-9-19-33(20-10-27)52-39(40,41)42/h7-22,34H,2-6,23-25H2,1H3,(H,43,45)(H,44,46)(H,47,48)/t34-/m0/s1. The molecule has 0 unspecified atom stereocenters. The van der Waals surface area contributed by atoms with Gasteiger partial charge in [0.1, 0.15) is 23.3 Å². The van der Waals surface area contributed by atoms with E-state index in [4.69, 9.17) is 9.47 Å². The first-order valence-corrected chi connectivity index (χ1v) is 16.7. The van der Waals surface area contributed by atoms with Crippen LogP contribution in [-0.4, -0.2) is 47.9 Å². The summed E-state index contributed by atoms with van der Waals surface area (Å²) >= 11 is 0. The number of unbranched alkanes of at least 4 members (excludes halogenated alkanes) is 4. The van der Waals surface area contributed by atoms with Gasteiger partial charge in [0.2, 0.25) is 5.91 Å². The fourth-order valence-corrected chi connectivity index (χ4v) is 5.02. The number of anilines is 1. The highest BCUT2D eigenvalue weighted by Gasteiger charge is 2.31. The van der Waals surface area contributed by atoms with Gasteiger partial charge in [0.25, 0.3) is 5.91 Å². The summed E-state index contributed by atoms with van der Waals surface area (Å²) in [7, 11) is 0. The molecule has 0 radical (unpaired) electrons. The van der Waals surface area contributed by atoms with E-state index in [1.165, 1.54) is 67.8 Å². The van der Waals surface area contributed by atoms with Gasteiger partial charge in [-0.1, -0.05) is 56.9 Å². The Balaban J connectivity index is 1.23. The normalized spacial score (nSPS) is 11.6. The number of ether oxygens (including phenoxy) is 3. The molecule has 3 N–H and O–H groups in total. The minimum absolute atomic E-state index is 0.0488. The molecule has 0 heterocycles. The van der Waals surface area contributed by atoms with E-state index in [-0.39, 0.29) is 24.2 Å². The van der Waals surface area contributed by atoms with Gasteiger partial charge < -0.3 is 30.0 Å². The first kappa shape index (κ1) is 38.9. The zero-order chi connectivity index (χ0) is 37.5. The first-order valence-electron chi connectivity index (χ1n) is 16.7. The second-order valence-electron chi connectivity index (χ2n) is 11.9. The number of carbonyl (C=O) groups is 4. The smallest absolute Gasteiger partial charge is 0.494 e. The number of halogens is 3. The molecule has 0 bridgehead atoms. The molecule has 4 aromatic rings. The van der Waals surface area contributed by atoms with Crippen LogP contribution in [0.2, 0.25) is 0 Å². The maximum absolute atomic E-state index is 12.9. The highest BCUT2D eigenvalue weighted by atomic mass is 19.4. The summed E-state index contributed by atoms with van der Waals surface area (Å²) in [6.07, 6.45) is 0.677. The maximum atomic E-state index is 12.9. The number of carboxylic acid groups (broad SMARTS) is 1. The summed E-state index contributed by atoms with van der Waals surface area (Å²) in [5.41, 5.74) is 1.87. The molecule has 4 rings (SSSR count). The molecule has 274 valence electrons. The summed E-state index contributed by atoms with van der Waals surface area (Å²) in [5, 5.41) is 14.9. The van der Waals surface area contributed by atoms with Crippen LogP contribution >= 0.6 is 0 Å². The molecular formula is C39H39F3N2O8. The van der Waals surface area contributed by atoms with E-state index < -0.39 is 41.9 Å². The van der Waals surface area contributed by atoms with E-state index in [2.05, 4.69) is 22.3 Å². The Bertz CT molecular complexity index is 1780. The van der Waals surface area contributed by atoms with Gasteiger partial charge in [-0.2, -0.15) is 0 Å². The highest BCUT2D eigenvalue weighted by molar-refractivity contribution is 5.98. The topological polar surface area (TPSA) is 140 Å². The Kier molecular flexibility index (Phi) is 14.2. The molecule has 0 spiro atoms. The van der Waals surface area contributed by atoms with Gasteiger partial charge in [-0.05, 0) is 90.3 Å². The van der Waals surface area contributed by atoms with Gasteiger partial charge in [0.15, 0.2) is 0 Å². The second kappa shape index (κ2) is 18.9. The van der Waals surface area contributed by atoms with E-state index >= 15 is 0 Å². The Hall–Kier alpha value is -5.85. The maximum Gasteiger partial charge on any atom is 0.573 e. The van der Waals surface area contributed by atoms with Gasteiger partial charge in [-0.25, -0.2) is 9.59 Å². The molecule has 0 aliphatic rings. The van der Waals surface area contributed by atoms with E-state index in [0.717, 1.165) is 25.0 Å². The quantitative estimate of drug-likeness (QED) is 0.0539. The lowest BCUT2D eigenvalue weighted by Gasteiger charge is -2.15. The zero-order valence-electron chi connectivity index (χ0n) is 28.4. The molecule has 0 aliphatic heterocycles. The van der Waals surface area contributed by atoms with Gasteiger partial charge in [0.05, 0.1) is 18.6 Å². The number of rotatable bonds is 18. The monoisotopic (exact) mass is 720 g/mol. The number of amides is 2. The molecule has 2 amide bonds. The van der Waals surface area contributed by atoms with Crippen molar-refractivity contribution < 1.29 is 51.7 Å². The fraction of sp³-hybridized carbons (Fsp3) is 0.282. The van der Waals surface area contributed by atoms with Crippen LogP contribution < -0.4 is 24.8 Å². The second-order valence-corrected chi connectivity index (χ2v) is 11.9. The summed E-state index contributed by atoms with van der Waals surface area (Å²) in [4.78, 5) is 49.9. The third kappa shape index (κ3) is 13.1. The molecule has 4 aromatic carbocycles. The summed E-state index contributed by atoms with van der Waals surface area (Å²) < 4.78 is 52.0. The van der Waals surface area contributed by atoms with Crippen LogP contribution in [-0.2, 0) is 22.4 Å². The Morgan fingerprint density at radius 2 is 1.29 bits per heavy atom. The third-order valence-electron chi connectivity index (χ3n) is 7.74. The highest BCUT2D eigenvalue weighted by Crippen LogP contribution is 2.23. The van der Waals surface area contributed by atoms with Crippen LogP contribution in [0.1, 0.15) is 70.9 Å². The van der Waals surface area contributed by atoms with Crippen LogP contribution in [0.5, 0.6) is 17.2 Å². The number of aliphatic carboxylic acids is 1. The van der Waals surface area contributed by atoms with Crippen molar-refractivity contribution >= 4 is 29.4 Å². The van der Waals surface area contributed by atoms with Crippen molar-refractivity contribution in [2.75, 3.05) is 11.9 Å². The summed E-state index contributed by atoms with van der Waals surface area (Å²) in [5.74, 6) is -2.39. The molecule has 0 saturated carbocycles. The van der Waals surface area contributed by atoms with Gasteiger partial charge >= 0.3 is 18.3 Å². The number of alkyl halides is 3. The van der Waals surface area contributed by atoms with E-state index in [9.17, 15) is 37.5 Å². The van der Waals surface area contributed by atoms with Crippen molar-refractivity contribution in [1.29, 1.82) is 0 Å². The molecule has 0 aromatic heterocycles. The Morgan fingerprint density at radius 3 is 1.90 bits per heavy atom. The Labute approximate surface area is 298 Å². The van der Waals surface area contributed by atoms with Crippen LogP contribution in [0.4, 0.5) is 18.9 Å². The molecule has 13 heteroatoms. The Morgan fingerprint density at radius 1 is 0.712 bits per heavy atom. The van der Waals surface area contributed by atoms with E-state index in [1.807, 2.05) is 0 Å². The predicted molar refractivity (Wildman–Crippen MR) is 187 cm³/mol.